The van der Waals surface area contributed by atoms with Crippen LogP contribution in [-0.2, 0) is 25.6 Å². The van der Waals surface area contributed by atoms with Gasteiger partial charge in [0.25, 0.3) is 5.91 Å². The van der Waals surface area contributed by atoms with Gasteiger partial charge in [-0.3, -0.25) is 4.79 Å². The van der Waals surface area contributed by atoms with Gasteiger partial charge in [-0.15, -0.1) is 0 Å². The Bertz CT molecular complexity index is 653. The van der Waals surface area contributed by atoms with E-state index in [4.69, 9.17) is 14.7 Å². The van der Waals surface area contributed by atoms with Crippen molar-refractivity contribution in [1.82, 2.24) is 9.88 Å². The van der Waals surface area contributed by atoms with Crippen LogP contribution in [0.1, 0.15) is 17.0 Å². The predicted molar refractivity (Wildman–Crippen MR) is 84.4 cm³/mol. The van der Waals surface area contributed by atoms with Gasteiger partial charge >= 0.3 is 5.97 Å². The lowest BCUT2D eigenvalue weighted by molar-refractivity contribution is -0.144. The van der Waals surface area contributed by atoms with Crippen molar-refractivity contribution < 1.29 is 19.1 Å². The van der Waals surface area contributed by atoms with E-state index in [0.717, 1.165) is 17.0 Å². The molecule has 0 spiro atoms. The fourth-order valence-electron chi connectivity index (χ4n) is 2.07. The van der Waals surface area contributed by atoms with Gasteiger partial charge < -0.3 is 19.4 Å². The standard InChI is InChI=1S/C16H21N3O4/c1-11-7-13(12(2)19(11)5-6-22-4)8-14(9-17)16(21)23-10-15(20)18-3/h7-8H,5-6,10H2,1-4H3,(H,18,20)/b14-8+. The normalized spacial score (nSPS) is 11.0. The largest absolute Gasteiger partial charge is 0.451 e. The predicted octanol–water partition coefficient (Wildman–Crippen LogP) is 0.948. The number of aryl methyl sites for hydroxylation is 1. The highest BCUT2D eigenvalue weighted by Gasteiger charge is 2.15. The highest BCUT2D eigenvalue weighted by atomic mass is 16.5. The zero-order valence-electron chi connectivity index (χ0n) is 13.8. The maximum Gasteiger partial charge on any atom is 0.349 e. The minimum Gasteiger partial charge on any atom is -0.451 e. The monoisotopic (exact) mass is 319 g/mol. The molecule has 0 unspecified atom stereocenters. The van der Waals surface area contributed by atoms with Crippen LogP contribution < -0.4 is 5.32 Å². The van der Waals surface area contributed by atoms with Gasteiger partial charge in [-0.05, 0) is 31.6 Å². The number of nitrogens with one attached hydrogen (secondary N) is 1. The zero-order chi connectivity index (χ0) is 17.4. The molecule has 0 aliphatic heterocycles. The minimum absolute atomic E-state index is 0.152. The molecule has 0 fully saturated rings. The fraction of sp³-hybridized carbons (Fsp3) is 0.438. The summed E-state index contributed by atoms with van der Waals surface area (Å²) in [6.07, 6.45) is 1.47. The van der Waals surface area contributed by atoms with Gasteiger partial charge in [-0.1, -0.05) is 0 Å². The third kappa shape index (κ3) is 4.97. The molecule has 7 heteroatoms. The van der Waals surface area contributed by atoms with Crippen molar-refractivity contribution in [3.8, 4) is 6.07 Å². The lowest BCUT2D eigenvalue weighted by Crippen LogP contribution is -2.25. The van der Waals surface area contributed by atoms with Gasteiger partial charge in [0.2, 0.25) is 0 Å². The summed E-state index contributed by atoms with van der Waals surface area (Å²) in [4.78, 5) is 22.9. The van der Waals surface area contributed by atoms with Gasteiger partial charge in [0, 0.05) is 32.1 Å². The number of carbonyl (C=O) groups is 2. The molecule has 1 heterocycles. The van der Waals surface area contributed by atoms with E-state index in [0.29, 0.717) is 13.2 Å². The number of methoxy groups -OCH3 is 1. The van der Waals surface area contributed by atoms with Crippen molar-refractivity contribution >= 4 is 18.0 Å². The molecule has 0 aliphatic carbocycles. The van der Waals surface area contributed by atoms with Gasteiger partial charge in [0.1, 0.15) is 11.6 Å². The van der Waals surface area contributed by atoms with Gasteiger partial charge in [0.05, 0.1) is 6.61 Å². The second kappa shape index (κ2) is 8.76. The molecule has 0 bridgehead atoms. The van der Waals surface area contributed by atoms with E-state index in [1.54, 1.807) is 7.11 Å². The summed E-state index contributed by atoms with van der Waals surface area (Å²) in [5.74, 6) is -1.26. The number of likely N-dealkylation sites (N-methyl/N-ethyl adjacent to an activating group) is 1. The highest BCUT2D eigenvalue weighted by molar-refractivity contribution is 5.99. The average molecular weight is 319 g/mol. The van der Waals surface area contributed by atoms with Crippen LogP contribution in [0.5, 0.6) is 0 Å². The first kappa shape index (κ1) is 18.5. The maximum atomic E-state index is 11.9. The molecule has 1 aromatic rings. The molecule has 0 atom stereocenters. The van der Waals surface area contributed by atoms with Crippen molar-refractivity contribution in [2.45, 2.75) is 20.4 Å². The van der Waals surface area contributed by atoms with Crippen LogP contribution in [-0.4, -0.2) is 43.8 Å². The van der Waals surface area contributed by atoms with Gasteiger partial charge in [-0.25, -0.2) is 4.79 Å². The fourth-order valence-corrected chi connectivity index (χ4v) is 2.07. The Hall–Kier alpha value is -2.59. The van der Waals surface area contributed by atoms with Crippen LogP contribution in [0, 0.1) is 25.2 Å². The van der Waals surface area contributed by atoms with Crippen molar-refractivity contribution in [2.24, 2.45) is 0 Å². The first-order valence-corrected chi connectivity index (χ1v) is 7.09. The summed E-state index contributed by atoms with van der Waals surface area (Å²) in [7, 11) is 3.07. The number of hydrogen-bond acceptors (Lipinski definition) is 5. The maximum absolute atomic E-state index is 11.9. The Kier molecular flexibility index (Phi) is 7.03. The summed E-state index contributed by atoms with van der Waals surface area (Å²) >= 11 is 0. The van der Waals surface area contributed by atoms with E-state index in [-0.39, 0.29) is 5.57 Å². The Labute approximate surface area is 135 Å². The van der Waals surface area contributed by atoms with E-state index in [1.165, 1.54) is 13.1 Å². The Morgan fingerprint density at radius 3 is 2.70 bits per heavy atom. The third-order valence-electron chi connectivity index (χ3n) is 3.39. The smallest absolute Gasteiger partial charge is 0.349 e. The number of esters is 1. The molecule has 1 rings (SSSR count). The van der Waals surface area contributed by atoms with Crippen LogP contribution in [0.3, 0.4) is 0 Å². The number of aromatic nitrogens is 1. The number of ether oxygens (including phenoxy) is 2. The summed E-state index contributed by atoms with van der Waals surface area (Å²) in [5, 5.41) is 11.5. The second-order valence-electron chi connectivity index (χ2n) is 4.89. The number of carbonyl (C=O) groups excluding carboxylic acids is 2. The minimum atomic E-state index is -0.821. The molecule has 0 aromatic carbocycles. The van der Waals surface area contributed by atoms with Crippen molar-refractivity contribution in [1.29, 1.82) is 5.26 Å². The number of nitriles is 1. The Morgan fingerprint density at radius 1 is 1.43 bits per heavy atom. The van der Waals surface area contributed by atoms with Crippen LogP contribution in [0.25, 0.3) is 6.08 Å². The van der Waals surface area contributed by atoms with E-state index in [2.05, 4.69) is 5.32 Å². The van der Waals surface area contributed by atoms with E-state index >= 15 is 0 Å². The average Bonchev–Trinajstić information content (AvgIpc) is 2.81. The van der Waals surface area contributed by atoms with Gasteiger partial charge in [-0.2, -0.15) is 5.26 Å². The molecule has 0 aliphatic rings. The summed E-state index contributed by atoms with van der Waals surface area (Å²) in [5.41, 5.74) is 2.53. The third-order valence-corrected chi connectivity index (χ3v) is 3.39. The lowest BCUT2D eigenvalue weighted by Gasteiger charge is -2.08. The summed E-state index contributed by atoms with van der Waals surface area (Å²) in [6, 6.07) is 3.70. The molecule has 7 nitrogen and oxygen atoms in total. The Morgan fingerprint density at radius 2 is 2.13 bits per heavy atom. The Balaban J connectivity index is 2.96. The molecule has 0 saturated carbocycles. The number of amides is 1. The van der Waals surface area contributed by atoms with Crippen molar-refractivity contribution in [3.63, 3.8) is 0 Å². The van der Waals surface area contributed by atoms with Crippen LogP contribution in [0.2, 0.25) is 0 Å². The number of rotatable bonds is 7. The first-order chi connectivity index (χ1) is 10.9. The summed E-state index contributed by atoms with van der Waals surface area (Å²) in [6.45, 7) is 4.68. The summed E-state index contributed by atoms with van der Waals surface area (Å²) < 4.78 is 11.9. The molecule has 0 radical (unpaired) electrons. The van der Waals surface area contributed by atoms with Gasteiger partial charge in [0.15, 0.2) is 6.61 Å². The second-order valence-corrected chi connectivity index (χ2v) is 4.89. The van der Waals surface area contributed by atoms with E-state index in [9.17, 15) is 9.59 Å². The quantitative estimate of drug-likeness (QED) is 0.459. The molecule has 1 amide bonds. The first-order valence-electron chi connectivity index (χ1n) is 7.09. The SMILES string of the molecule is CNC(=O)COC(=O)/C(C#N)=C/c1cc(C)n(CCOC)c1C. The highest BCUT2D eigenvalue weighted by Crippen LogP contribution is 2.18. The molecule has 124 valence electrons. The van der Waals surface area contributed by atoms with E-state index in [1.807, 2.05) is 30.6 Å². The molecule has 1 N–H and O–H groups in total. The molecular weight excluding hydrogens is 298 g/mol. The van der Waals surface area contributed by atoms with Crippen LogP contribution in [0.4, 0.5) is 0 Å². The van der Waals surface area contributed by atoms with Crippen LogP contribution >= 0.6 is 0 Å². The molecule has 23 heavy (non-hydrogen) atoms. The lowest BCUT2D eigenvalue weighted by atomic mass is 10.1. The number of hydrogen-bond donors (Lipinski definition) is 1. The topological polar surface area (TPSA) is 93.4 Å². The molecule has 0 saturated heterocycles. The zero-order valence-corrected chi connectivity index (χ0v) is 13.8. The number of nitrogens with zero attached hydrogens (tertiary/aromatic N) is 2. The molecule has 1 aromatic heterocycles. The van der Waals surface area contributed by atoms with E-state index < -0.39 is 18.5 Å². The van der Waals surface area contributed by atoms with Crippen molar-refractivity contribution in [2.75, 3.05) is 27.4 Å². The molecular formula is C16H21N3O4. The van der Waals surface area contributed by atoms with Crippen molar-refractivity contribution in [3.05, 3.63) is 28.6 Å². The van der Waals surface area contributed by atoms with Crippen LogP contribution in [0.15, 0.2) is 11.6 Å².